The van der Waals surface area contributed by atoms with Crippen molar-refractivity contribution in [2.45, 2.75) is 26.2 Å². The summed E-state index contributed by atoms with van der Waals surface area (Å²) in [6.07, 6.45) is 2.10. The number of fused-ring (bicyclic) bond motifs is 3. The van der Waals surface area contributed by atoms with E-state index < -0.39 is 21.2 Å². The first-order chi connectivity index (χ1) is 13.3. The normalized spacial score (nSPS) is 12.8. The van der Waals surface area contributed by atoms with Gasteiger partial charge in [-0.05, 0) is 55.5 Å². The van der Waals surface area contributed by atoms with Crippen LogP contribution in [0, 0.1) is 27.2 Å². The molecule has 0 saturated heterocycles. The number of nitro groups is 2. The smallest absolute Gasteiger partial charge is 0.339 e. The van der Waals surface area contributed by atoms with Crippen molar-refractivity contribution < 1.29 is 19.0 Å². The molecule has 1 aliphatic rings. The largest absolute Gasteiger partial charge is 0.449 e. The Bertz CT molecular complexity index is 1210. The minimum Gasteiger partial charge on any atom is -0.449 e. The number of hydrogen-bond acceptors (Lipinski definition) is 7. The van der Waals surface area contributed by atoms with Crippen LogP contribution in [0.4, 0.5) is 11.4 Å². The van der Waals surface area contributed by atoms with Crippen LogP contribution in [0.25, 0.3) is 11.0 Å². The van der Waals surface area contributed by atoms with E-state index in [1.54, 1.807) is 19.1 Å². The summed E-state index contributed by atoms with van der Waals surface area (Å²) in [6.45, 7) is 1.78. The Labute approximate surface area is 157 Å². The number of nitro benzene ring substituents is 2. The van der Waals surface area contributed by atoms with Gasteiger partial charge < -0.3 is 9.15 Å². The molecule has 9 nitrogen and oxygen atoms in total. The Morgan fingerprint density at radius 3 is 2.46 bits per heavy atom. The summed E-state index contributed by atoms with van der Waals surface area (Å²) in [6, 6.07) is 6.62. The van der Waals surface area contributed by atoms with Crippen LogP contribution in [0.2, 0.25) is 0 Å². The minimum absolute atomic E-state index is 0.125. The molecule has 0 aliphatic heterocycles. The molecule has 0 saturated carbocycles. The van der Waals surface area contributed by atoms with Gasteiger partial charge in [0, 0.05) is 11.6 Å². The predicted octanol–water partition coefficient (Wildman–Crippen LogP) is 4.20. The summed E-state index contributed by atoms with van der Waals surface area (Å²) < 4.78 is 11.3. The van der Waals surface area contributed by atoms with Gasteiger partial charge in [0.05, 0.1) is 21.3 Å². The van der Waals surface area contributed by atoms with Crippen molar-refractivity contribution in [1.82, 2.24) is 0 Å². The number of nitrogens with zero attached hydrogens (tertiary/aromatic N) is 2. The van der Waals surface area contributed by atoms with Crippen LogP contribution in [0.5, 0.6) is 11.5 Å². The maximum Gasteiger partial charge on any atom is 0.339 e. The molecular formula is C19H14N2O7. The standard InChI is InChI=1S/C19H14N2O7/c1-10-7-16(18-12-3-2-4-13(12)19(22)28-17(18)8-10)27-15-6-5-11(20(23)24)9-14(15)21(25)26/h5-9H,2-4H2,1H3. The van der Waals surface area contributed by atoms with Crippen LogP contribution in [-0.2, 0) is 12.8 Å². The second kappa shape index (κ2) is 6.45. The van der Waals surface area contributed by atoms with Gasteiger partial charge in [0.1, 0.15) is 11.3 Å². The molecule has 0 amide bonds. The molecule has 4 rings (SSSR count). The van der Waals surface area contributed by atoms with Crippen LogP contribution in [-0.4, -0.2) is 9.85 Å². The van der Waals surface area contributed by atoms with E-state index in [9.17, 15) is 25.0 Å². The van der Waals surface area contributed by atoms with Crippen LogP contribution in [0.1, 0.15) is 23.1 Å². The maximum absolute atomic E-state index is 12.2. The van der Waals surface area contributed by atoms with Crippen molar-refractivity contribution in [2.75, 3.05) is 0 Å². The number of benzene rings is 2. The summed E-state index contributed by atoms with van der Waals surface area (Å²) in [5.41, 5.74) is 1.22. The van der Waals surface area contributed by atoms with Gasteiger partial charge in [0.2, 0.25) is 5.75 Å². The van der Waals surface area contributed by atoms with Gasteiger partial charge in [-0.2, -0.15) is 0 Å². The van der Waals surface area contributed by atoms with E-state index in [1.165, 1.54) is 6.07 Å². The van der Waals surface area contributed by atoms with Crippen LogP contribution < -0.4 is 10.4 Å². The molecule has 0 unspecified atom stereocenters. The average Bonchev–Trinajstić information content (AvgIpc) is 3.11. The van der Waals surface area contributed by atoms with Crippen molar-refractivity contribution >= 4 is 22.3 Å². The van der Waals surface area contributed by atoms with E-state index in [-0.39, 0.29) is 11.4 Å². The Morgan fingerprint density at radius 1 is 1.00 bits per heavy atom. The summed E-state index contributed by atoms with van der Waals surface area (Å²) in [5, 5.41) is 22.9. The molecule has 0 bridgehead atoms. The predicted molar refractivity (Wildman–Crippen MR) is 99.1 cm³/mol. The fourth-order valence-corrected chi connectivity index (χ4v) is 3.55. The first-order valence-corrected chi connectivity index (χ1v) is 8.55. The third-order valence-electron chi connectivity index (χ3n) is 4.75. The number of rotatable bonds is 4. The molecule has 0 fully saturated rings. The first kappa shape index (κ1) is 17.7. The molecule has 1 aromatic heterocycles. The molecule has 0 N–H and O–H groups in total. The monoisotopic (exact) mass is 382 g/mol. The van der Waals surface area contributed by atoms with Gasteiger partial charge in [-0.25, -0.2) is 4.79 Å². The van der Waals surface area contributed by atoms with E-state index in [0.717, 1.165) is 29.7 Å². The molecule has 1 aliphatic carbocycles. The van der Waals surface area contributed by atoms with Gasteiger partial charge in [-0.3, -0.25) is 20.2 Å². The fraction of sp³-hybridized carbons (Fsp3) is 0.211. The average molecular weight is 382 g/mol. The molecule has 9 heteroatoms. The summed E-state index contributed by atoms with van der Waals surface area (Å²) in [4.78, 5) is 33.1. The zero-order chi connectivity index (χ0) is 20.0. The van der Waals surface area contributed by atoms with E-state index in [4.69, 9.17) is 9.15 Å². The van der Waals surface area contributed by atoms with Gasteiger partial charge >= 0.3 is 11.3 Å². The number of hydrogen-bond donors (Lipinski definition) is 0. The molecule has 142 valence electrons. The zero-order valence-corrected chi connectivity index (χ0v) is 14.8. The Balaban J connectivity index is 1.92. The molecule has 28 heavy (non-hydrogen) atoms. The zero-order valence-electron chi connectivity index (χ0n) is 14.8. The number of ether oxygens (including phenoxy) is 1. The molecule has 0 spiro atoms. The Kier molecular flexibility index (Phi) is 4.07. The second-order valence-electron chi connectivity index (χ2n) is 6.60. The first-order valence-electron chi connectivity index (χ1n) is 8.55. The summed E-state index contributed by atoms with van der Waals surface area (Å²) in [5.74, 6) is 0.189. The molecular weight excluding hydrogens is 368 g/mol. The van der Waals surface area contributed by atoms with Crippen molar-refractivity contribution in [2.24, 2.45) is 0 Å². The van der Waals surface area contributed by atoms with Crippen molar-refractivity contribution in [3.05, 3.63) is 77.7 Å². The molecule has 2 aromatic carbocycles. The lowest BCUT2D eigenvalue weighted by Gasteiger charge is -2.12. The van der Waals surface area contributed by atoms with Crippen LogP contribution in [0.15, 0.2) is 39.5 Å². The van der Waals surface area contributed by atoms with E-state index in [1.807, 2.05) is 0 Å². The van der Waals surface area contributed by atoms with Crippen molar-refractivity contribution in [1.29, 1.82) is 0 Å². The van der Waals surface area contributed by atoms with Gasteiger partial charge in [-0.15, -0.1) is 0 Å². The lowest BCUT2D eigenvalue weighted by molar-refractivity contribution is -0.394. The molecule has 3 aromatic rings. The fourth-order valence-electron chi connectivity index (χ4n) is 3.55. The topological polar surface area (TPSA) is 126 Å². The van der Waals surface area contributed by atoms with Crippen LogP contribution >= 0.6 is 0 Å². The third kappa shape index (κ3) is 2.86. The number of aryl methyl sites for hydroxylation is 2. The van der Waals surface area contributed by atoms with Gasteiger partial charge in [0.25, 0.3) is 5.69 Å². The maximum atomic E-state index is 12.2. The second-order valence-corrected chi connectivity index (χ2v) is 6.60. The lowest BCUT2D eigenvalue weighted by atomic mass is 10.0. The van der Waals surface area contributed by atoms with E-state index >= 15 is 0 Å². The SMILES string of the molecule is Cc1cc(Oc2ccc([N+](=O)[O-])cc2[N+](=O)[O-])c2c3c(c(=O)oc2c1)CCC3. The molecule has 1 heterocycles. The Hall–Kier alpha value is -3.75. The highest BCUT2D eigenvalue weighted by Crippen LogP contribution is 2.40. The molecule has 0 radical (unpaired) electrons. The highest BCUT2D eigenvalue weighted by Gasteiger charge is 2.25. The lowest BCUT2D eigenvalue weighted by Crippen LogP contribution is -2.07. The highest BCUT2D eigenvalue weighted by atomic mass is 16.6. The van der Waals surface area contributed by atoms with E-state index in [2.05, 4.69) is 0 Å². The van der Waals surface area contributed by atoms with Crippen molar-refractivity contribution in [3.63, 3.8) is 0 Å². The quantitative estimate of drug-likeness (QED) is 0.376. The summed E-state index contributed by atoms with van der Waals surface area (Å²) in [7, 11) is 0. The minimum atomic E-state index is -0.731. The summed E-state index contributed by atoms with van der Waals surface area (Å²) >= 11 is 0. The van der Waals surface area contributed by atoms with Gasteiger partial charge in [-0.1, -0.05) is 0 Å². The third-order valence-corrected chi connectivity index (χ3v) is 4.75. The van der Waals surface area contributed by atoms with Gasteiger partial charge in [0.15, 0.2) is 0 Å². The highest BCUT2D eigenvalue weighted by molar-refractivity contribution is 5.89. The van der Waals surface area contributed by atoms with Crippen LogP contribution in [0.3, 0.4) is 0 Å². The molecule has 0 atom stereocenters. The Morgan fingerprint density at radius 2 is 1.75 bits per heavy atom. The number of non-ortho nitro benzene ring substituents is 1. The van der Waals surface area contributed by atoms with Crippen molar-refractivity contribution in [3.8, 4) is 11.5 Å². The van der Waals surface area contributed by atoms with E-state index in [0.29, 0.717) is 35.1 Å².